The normalized spacial score (nSPS) is 22.2. The Morgan fingerprint density at radius 2 is 1.66 bits per heavy atom. The maximum atomic E-state index is 13.4. The first-order valence-corrected chi connectivity index (χ1v) is 18.1. The van der Waals surface area contributed by atoms with Gasteiger partial charge in [-0.3, -0.25) is 14.4 Å². The van der Waals surface area contributed by atoms with E-state index in [4.69, 9.17) is 9.97 Å². The minimum absolute atomic E-state index is 0.156. The zero-order valence-electron chi connectivity index (χ0n) is 27.5. The van der Waals surface area contributed by atoms with Crippen LogP contribution in [-0.4, -0.2) is 56.9 Å². The molecule has 2 fully saturated rings. The Balaban J connectivity index is 1.08. The highest BCUT2D eigenvalue weighted by Crippen LogP contribution is 2.41. The standard InChI is InChI=1S/C38H46N4O4S/c1-3-24-5-9-26(10-6-24)27-13-15-28(16-14-27)30-20-39-35(40-21-30)29-11-7-25(8-12-29)19-33(37(44)42-22-31(23-42)38(45)46)41-36(43)34-18-17-32(4-2)47-34/h7-8,11-12,15,17-18,20-21,24,26-27,31,33H,3-6,9-10,13-14,16,19,22-23H2,1-2H3,(H,41,43)(H,45,46)/t24?,26?,27?,33-/m0/s1. The lowest BCUT2D eigenvalue weighted by molar-refractivity contribution is -0.153. The fraction of sp³-hybridized carbons (Fsp3) is 0.500. The first kappa shape index (κ1) is 33.1. The Morgan fingerprint density at radius 3 is 2.26 bits per heavy atom. The van der Waals surface area contributed by atoms with Crippen LogP contribution in [0.25, 0.3) is 17.0 Å². The van der Waals surface area contributed by atoms with Crippen molar-refractivity contribution in [3.63, 3.8) is 0 Å². The summed E-state index contributed by atoms with van der Waals surface area (Å²) in [6.07, 6.45) is 17.9. The molecule has 9 heteroatoms. The second-order valence-corrected chi connectivity index (χ2v) is 14.7. The Hall–Kier alpha value is -3.85. The summed E-state index contributed by atoms with van der Waals surface area (Å²) in [5.41, 5.74) is 4.21. The van der Waals surface area contributed by atoms with Crippen LogP contribution in [0, 0.1) is 23.7 Å². The van der Waals surface area contributed by atoms with Gasteiger partial charge in [-0.05, 0) is 79.5 Å². The molecule has 1 aromatic carbocycles. The number of rotatable bonds is 11. The summed E-state index contributed by atoms with van der Waals surface area (Å²) in [6, 6.07) is 10.7. The number of benzene rings is 1. The summed E-state index contributed by atoms with van der Waals surface area (Å²) < 4.78 is 0. The van der Waals surface area contributed by atoms with E-state index >= 15 is 0 Å². The molecule has 3 aliphatic rings. The molecule has 3 heterocycles. The van der Waals surface area contributed by atoms with Crippen molar-refractivity contribution in [2.75, 3.05) is 13.1 Å². The molecular formula is C38H46N4O4S. The second-order valence-electron chi connectivity index (χ2n) is 13.6. The number of amides is 2. The second kappa shape index (κ2) is 14.9. The predicted octanol–water partition coefficient (Wildman–Crippen LogP) is 7.05. The molecule has 2 aromatic heterocycles. The minimum atomic E-state index is -0.907. The first-order valence-electron chi connectivity index (χ1n) is 17.3. The van der Waals surface area contributed by atoms with Crippen molar-refractivity contribution < 1.29 is 19.5 Å². The highest BCUT2D eigenvalue weighted by Gasteiger charge is 2.39. The number of carboxylic acids is 1. The summed E-state index contributed by atoms with van der Waals surface area (Å²) in [5.74, 6) is 1.26. The zero-order valence-corrected chi connectivity index (χ0v) is 28.3. The van der Waals surface area contributed by atoms with Gasteiger partial charge in [0.05, 0.1) is 10.8 Å². The highest BCUT2D eigenvalue weighted by atomic mass is 32.1. The van der Waals surface area contributed by atoms with Crippen molar-refractivity contribution in [2.45, 2.75) is 84.1 Å². The van der Waals surface area contributed by atoms with Gasteiger partial charge in [-0.25, -0.2) is 9.97 Å². The van der Waals surface area contributed by atoms with Crippen molar-refractivity contribution in [1.29, 1.82) is 0 Å². The van der Waals surface area contributed by atoms with Crippen LogP contribution in [-0.2, 0) is 22.4 Å². The van der Waals surface area contributed by atoms with Crippen LogP contribution >= 0.6 is 11.3 Å². The molecule has 1 unspecified atom stereocenters. The molecule has 0 radical (unpaired) electrons. The van der Waals surface area contributed by atoms with Crippen LogP contribution in [0.1, 0.15) is 90.9 Å². The Bertz CT molecular complexity index is 1580. The lowest BCUT2D eigenvalue weighted by Crippen LogP contribution is -2.59. The average Bonchev–Trinajstić information content (AvgIpc) is 3.58. The number of allylic oxidation sites excluding steroid dienone is 2. The Labute approximate surface area is 281 Å². The summed E-state index contributed by atoms with van der Waals surface area (Å²) in [5, 5.41) is 12.2. The first-order chi connectivity index (χ1) is 22.8. The third kappa shape index (κ3) is 7.83. The third-order valence-corrected chi connectivity index (χ3v) is 11.9. The zero-order chi connectivity index (χ0) is 32.9. The molecule has 0 spiro atoms. The quantitative estimate of drug-likeness (QED) is 0.229. The van der Waals surface area contributed by atoms with Gasteiger partial charge in [-0.2, -0.15) is 0 Å². The van der Waals surface area contributed by atoms with E-state index in [1.807, 2.05) is 49.6 Å². The van der Waals surface area contributed by atoms with Gasteiger partial charge in [0.1, 0.15) is 6.04 Å². The fourth-order valence-corrected chi connectivity index (χ4v) is 8.29. The minimum Gasteiger partial charge on any atom is -0.481 e. The number of carbonyl (C=O) groups is 3. The van der Waals surface area contributed by atoms with Crippen LogP contribution in [0.3, 0.4) is 0 Å². The maximum Gasteiger partial charge on any atom is 0.310 e. The molecule has 2 N–H and O–H groups in total. The molecule has 0 bridgehead atoms. The number of thiophene rings is 1. The lowest BCUT2D eigenvalue weighted by atomic mass is 9.71. The van der Waals surface area contributed by atoms with Gasteiger partial charge >= 0.3 is 5.97 Å². The van der Waals surface area contributed by atoms with Gasteiger partial charge in [0.15, 0.2) is 5.82 Å². The van der Waals surface area contributed by atoms with Gasteiger partial charge in [0.2, 0.25) is 5.91 Å². The topological polar surface area (TPSA) is 112 Å². The molecule has 8 nitrogen and oxygen atoms in total. The number of carboxylic acid groups (broad SMARTS) is 1. The number of hydrogen-bond donors (Lipinski definition) is 2. The number of aryl methyl sites for hydroxylation is 1. The molecule has 2 aliphatic carbocycles. The van der Waals surface area contributed by atoms with E-state index in [0.29, 0.717) is 17.1 Å². The van der Waals surface area contributed by atoms with E-state index in [1.165, 1.54) is 60.3 Å². The van der Waals surface area contributed by atoms with Crippen LogP contribution in [0.2, 0.25) is 0 Å². The average molecular weight is 655 g/mol. The van der Waals surface area contributed by atoms with Gasteiger partial charge in [0.25, 0.3) is 5.91 Å². The summed E-state index contributed by atoms with van der Waals surface area (Å²) in [7, 11) is 0. The van der Waals surface area contributed by atoms with E-state index in [-0.39, 0.29) is 24.9 Å². The predicted molar refractivity (Wildman–Crippen MR) is 185 cm³/mol. The molecular weight excluding hydrogens is 609 g/mol. The Morgan fingerprint density at radius 1 is 0.936 bits per heavy atom. The molecule has 248 valence electrons. The van der Waals surface area contributed by atoms with Crippen LogP contribution in [0.5, 0.6) is 0 Å². The van der Waals surface area contributed by atoms with E-state index in [2.05, 4.69) is 18.3 Å². The monoisotopic (exact) mass is 654 g/mol. The van der Waals surface area contributed by atoms with Gasteiger partial charge in [0, 0.05) is 47.9 Å². The van der Waals surface area contributed by atoms with Gasteiger partial charge in [-0.15, -0.1) is 11.3 Å². The van der Waals surface area contributed by atoms with E-state index in [1.54, 1.807) is 6.07 Å². The molecule has 1 saturated carbocycles. The number of carbonyl (C=O) groups excluding carboxylic acids is 2. The molecule has 2 atom stereocenters. The number of nitrogens with one attached hydrogen (secondary N) is 1. The van der Waals surface area contributed by atoms with Gasteiger partial charge < -0.3 is 15.3 Å². The van der Waals surface area contributed by atoms with Crippen LogP contribution < -0.4 is 5.32 Å². The van der Waals surface area contributed by atoms with Crippen LogP contribution in [0.4, 0.5) is 0 Å². The van der Waals surface area contributed by atoms with Crippen molar-refractivity contribution >= 4 is 34.7 Å². The molecule has 47 heavy (non-hydrogen) atoms. The van der Waals surface area contributed by atoms with E-state index in [0.717, 1.165) is 58.6 Å². The number of hydrogen-bond acceptors (Lipinski definition) is 6. The van der Waals surface area contributed by atoms with Crippen molar-refractivity contribution in [3.05, 3.63) is 75.7 Å². The molecule has 2 amide bonds. The number of likely N-dealkylation sites (tertiary alicyclic amines) is 1. The maximum absolute atomic E-state index is 13.4. The fourth-order valence-electron chi connectivity index (χ4n) is 7.44. The molecule has 3 aromatic rings. The van der Waals surface area contributed by atoms with Gasteiger partial charge in [-0.1, -0.05) is 63.5 Å². The van der Waals surface area contributed by atoms with Crippen molar-refractivity contribution in [1.82, 2.24) is 20.2 Å². The van der Waals surface area contributed by atoms with Crippen LogP contribution in [0.15, 0.2) is 54.9 Å². The van der Waals surface area contributed by atoms with Crippen molar-refractivity contribution in [3.8, 4) is 11.4 Å². The van der Waals surface area contributed by atoms with Crippen molar-refractivity contribution in [2.24, 2.45) is 23.7 Å². The largest absolute Gasteiger partial charge is 0.481 e. The number of aromatic nitrogens is 2. The summed E-state index contributed by atoms with van der Waals surface area (Å²) >= 11 is 1.42. The number of aliphatic carboxylic acids is 1. The molecule has 1 saturated heterocycles. The van der Waals surface area contributed by atoms with E-state index in [9.17, 15) is 19.5 Å². The molecule has 6 rings (SSSR count). The summed E-state index contributed by atoms with van der Waals surface area (Å²) in [4.78, 5) is 50.4. The molecule has 1 aliphatic heterocycles. The summed E-state index contributed by atoms with van der Waals surface area (Å²) in [6.45, 7) is 4.68. The SMILES string of the molecule is CCc1ccc(C(=O)N[C@@H](Cc2ccc(-c3ncc(C4=CCC(C5CCC(CC)CC5)CC4)cn3)cc2)C(=O)N2CC(C(=O)O)C2)s1. The lowest BCUT2D eigenvalue weighted by Gasteiger charge is -2.38. The highest BCUT2D eigenvalue weighted by molar-refractivity contribution is 7.14. The number of nitrogens with zero attached hydrogens (tertiary/aromatic N) is 3. The third-order valence-electron chi connectivity index (χ3n) is 10.6. The Kier molecular flexibility index (Phi) is 10.5. The van der Waals surface area contributed by atoms with E-state index < -0.39 is 17.9 Å². The smallest absolute Gasteiger partial charge is 0.310 e.